The van der Waals surface area contributed by atoms with Crippen LogP contribution >= 0.6 is 0 Å². The van der Waals surface area contributed by atoms with Gasteiger partial charge in [0.25, 0.3) is 0 Å². The van der Waals surface area contributed by atoms with Crippen molar-refractivity contribution in [2.45, 2.75) is 26.1 Å². The molecule has 2 N–H and O–H groups in total. The molecule has 0 fully saturated rings. The summed E-state index contributed by atoms with van der Waals surface area (Å²) in [5.41, 5.74) is 6.88. The summed E-state index contributed by atoms with van der Waals surface area (Å²) in [6.45, 7) is 3.16. The van der Waals surface area contributed by atoms with E-state index in [-0.39, 0.29) is 5.56 Å². The molecule has 112 valence electrons. The molecule has 0 heterocycles. The lowest BCUT2D eigenvalue weighted by molar-refractivity contribution is -0.137. The number of hydrogen-bond acceptors (Lipinski definition) is 1. The highest BCUT2D eigenvalue weighted by Crippen LogP contribution is 2.33. The van der Waals surface area contributed by atoms with Crippen molar-refractivity contribution in [2.24, 2.45) is 5.73 Å². The summed E-state index contributed by atoms with van der Waals surface area (Å²) < 4.78 is 52.0. The minimum Gasteiger partial charge on any atom is -0.320 e. The van der Waals surface area contributed by atoms with E-state index >= 15 is 0 Å². The first-order valence-corrected chi connectivity index (χ1v) is 6.40. The Morgan fingerprint density at radius 3 is 2.19 bits per heavy atom. The van der Waals surface area contributed by atoms with Crippen LogP contribution in [0.3, 0.4) is 0 Å². The van der Waals surface area contributed by atoms with Gasteiger partial charge in [-0.15, -0.1) is 0 Å². The zero-order valence-corrected chi connectivity index (χ0v) is 11.6. The van der Waals surface area contributed by atoms with Gasteiger partial charge >= 0.3 is 6.18 Å². The zero-order chi connectivity index (χ0) is 15.8. The van der Waals surface area contributed by atoms with Gasteiger partial charge in [-0.05, 0) is 42.7 Å². The van der Waals surface area contributed by atoms with Crippen molar-refractivity contribution in [3.05, 3.63) is 70.0 Å². The molecule has 0 amide bonds. The number of rotatable bonds is 2. The summed E-state index contributed by atoms with van der Waals surface area (Å²) >= 11 is 0. The molecule has 21 heavy (non-hydrogen) atoms. The molecule has 0 saturated heterocycles. The second kappa shape index (κ2) is 5.48. The van der Waals surface area contributed by atoms with Crippen LogP contribution in [0.4, 0.5) is 17.6 Å². The summed E-state index contributed by atoms with van der Waals surface area (Å²) in [6.07, 6.45) is -4.40. The molecule has 1 nitrogen and oxygen atoms in total. The lowest BCUT2D eigenvalue weighted by Crippen LogP contribution is -2.16. The maximum Gasteiger partial charge on any atom is 0.416 e. The van der Waals surface area contributed by atoms with E-state index in [0.29, 0.717) is 16.7 Å². The first kappa shape index (κ1) is 15.5. The SMILES string of the molecule is Cc1cc(C(F)(F)F)ccc1C(N)c1cccc(C)c1F. The van der Waals surface area contributed by atoms with E-state index in [1.54, 1.807) is 25.1 Å². The lowest BCUT2D eigenvalue weighted by Gasteiger charge is -2.18. The van der Waals surface area contributed by atoms with Gasteiger partial charge in [0, 0.05) is 5.56 Å². The van der Waals surface area contributed by atoms with Crippen LogP contribution < -0.4 is 5.73 Å². The number of aryl methyl sites for hydroxylation is 2. The molecule has 0 spiro atoms. The smallest absolute Gasteiger partial charge is 0.320 e. The number of nitrogens with two attached hydrogens (primary N) is 1. The average Bonchev–Trinajstić information content (AvgIpc) is 2.40. The van der Waals surface area contributed by atoms with E-state index < -0.39 is 23.6 Å². The minimum atomic E-state index is -4.40. The second-order valence-electron chi connectivity index (χ2n) is 5.02. The Kier molecular flexibility index (Phi) is 4.05. The van der Waals surface area contributed by atoms with Gasteiger partial charge in [0.1, 0.15) is 5.82 Å². The van der Waals surface area contributed by atoms with Crippen molar-refractivity contribution in [2.75, 3.05) is 0 Å². The summed E-state index contributed by atoms with van der Waals surface area (Å²) in [5, 5.41) is 0. The molecule has 0 aliphatic rings. The number of benzene rings is 2. The van der Waals surface area contributed by atoms with Gasteiger partial charge in [-0.2, -0.15) is 13.2 Å². The third-order valence-electron chi connectivity index (χ3n) is 3.49. The Labute approximate surface area is 120 Å². The molecule has 2 aromatic rings. The van der Waals surface area contributed by atoms with Gasteiger partial charge in [-0.1, -0.05) is 24.3 Å². The van der Waals surface area contributed by atoms with Gasteiger partial charge < -0.3 is 5.73 Å². The van der Waals surface area contributed by atoms with E-state index in [9.17, 15) is 17.6 Å². The van der Waals surface area contributed by atoms with Crippen LogP contribution in [-0.2, 0) is 6.18 Å². The maximum atomic E-state index is 14.1. The van der Waals surface area contributed by atoms with Crippen LogP contribution in [-0.4, -0.2) is 0 Å². The summed E-state index contributed by atoms with van der Waals surface area (Å²) in [6, 6.07) is 7.35. The summed E-state index contributed by atoms with van der Waals surface area (Å²) in [5.74, 6) is -0.427. The van der Waals surface area contributed by atoms with Gasteiger partial charge in [-0.3, -0.25) is 0 Å². The predicted octanol–water partition coefficient (Wildman–Crippen LogP) is 4.51. The monoisotopic (exact) mass is 297 g/mol. The normalized spacial score (nSPS) is 13.3. The Bertz CT molecular complexity index is 662. The van der Waals surface area contributed by atoms with E-state index in [1.807, 2.05) is 0 Å². The highest BCUT2D eigenvalue weighted by atomic mass is 19.4. The molecule has 2 aromatic carbocycles. The standard InChI is InChI=1S/C16H15F4N/c1-9-4-3-5-13(14(9)17)15(21)12-7-6-11(8-10(12)2)16(18,19)20/h3-8,15H,21H2,1-2H3. The largest absolute Gasteiger partial charge is 0.416 e. The van der Waals surface area contributed by atoms with Crippen LogP contribution in [0.2, 0.25) is 0 Å². The second-order valence-corrected chi connectivity index (χ2v) is 5.02. The topological polar surface area (TPSA) is 26.0 Å². The summed E-state index contributed by atoms with van der Waals surface area (Å²) in [4.78, 5) is 0. The average molecular weight is 297 g/mol. The predicted molar refractivity (Wildman–Crippen MR) is 73.3 cm³/mol. The molecule has 0 aliphatic carbocycles. The summed E-state index contributed by atoms with van der Waals surface area (Å²) in [7, 11) is 0. The van der Waals surface area contributed by atoms with E-state index in [2.05, 4.69) is 0 Å². The third-order valence-corrected chi connectivity index (χ3v) is 3.49. The molecule has 0 aromatic heterocycles. The van der Waals surface area contributed by atoms with Crippen molar-refractivity contribution in [3.8, 4) is 0 Å². The zero-order valence-electron chi connectivity index (χ0n) is 11.6. The van der Waals surface area contributed by atoms with E-state index in [4.69, 9.17) is 5.73 Å². The molecule has 1 atom stereocenters. The van der Waals surface area contributed by atoms with Crippen molar-refractivity contribution < 1.29 is 17.6 Å². The van der Waals surface area contributed by atoms with Crippen LogP contribution in [0.15, 0.2) is 36.4 Å². The fourth-order valence-electron chi connectivity index (χ4n) is 2.28. The number of alkyl halides is 3. The minimum absolute atomic E-state index is 0.276. The van der Waals surface area contributed by atoms with Gasteiger partial charge in [0.15, 0.2) is 0 Å². The fourth-order valence-corrected chi connectivity index (χ4v) is 2.28. The van der Waals surface area contributed by atoms with Gasteiger partial charge in [0.05, 0.1) is 11.6 Å². The van der Waals surface area contributed by atoms with Crippen molar-refractivity contribution in [1.82, 2.24) is 0 Å². The molecular weight excluding hydrogens is 282 g/mol. The number of hydrogen-bond donors (Lipinski definition) is 1. The first-order valence-electron chi connectivity index (χ1n) is 6.40. The van der Waals surface area contributed by atoms with E-state index in [0.717, 1.165) is 12.1 Å². The van der Waals surface area contributed by atoms with E-state index in [1.165, 1.54) is 13.0 Å². The fraction of sp³-hybridized carbons (Fsp3) is 0.250. The molecule has 0 saturated carbocycles. The molecule has 0 bridgehead atoms. The van der Waals surface area contributed by atoms with Crippen molar-refractivity contribution in [1.29, 1.82) is 0 Å². The van der Waals surface area contributed by atoms with Crippen molar-refractivity contribution in [3.63, 3.8) is 0 Å². The van der Waals surface area contributed by atoms with Crippen LogP contribution in [0.1, 0.15) is 33.9 Å². The highest BCUT2D eigenvalue weighted by molar-refractivity contribution is 5.41. The molecule has 5 heteroatoms. The lowest BCUT2D eigenvalue weighted by atomic mass is 9.93. The van der Waals surface area contributed by atoms with Crippen LogP contribution in [0, 0.1) is 19.7 Å². The molecule has 2 rings (SSSR count). The molecular formula is C16H15F4N. The highest BCUT2D eigenvalue weighted by Gasteiger charge is 2.31. The Balaban J connectivity index is 2.45. The third kappa shape index (κ3) is 3.08. The van der Waals surface area contributed by atoms with Crippen LogP contribution in [0.5, 0.6) is 0 Å². The number of halogens is 4. The molecule has 1 unspecified atom stereocenters. The van der Waals surface area contributed by atoms with Gasteiger partial charge in [-0.25, -0.2) is 4.39 Å². The van der Waals surface area contributed by atoms with Gasteiger partial charge in [0.2, 0.25) is 0 Å². The molecule has 0 radical (unpaired) electrons. The molecule has 0 aliphatic heterocycles. The first-order chi connectivity index (χ1) is 9.71. The Morgan fingerprint density at radius 2 is 1.62 bits per heavy atom. The van der Waals surface area contributed by atoms with Crippen molar-refractivity contribution >= 4 is 0 Å². The Hall–Kier alpha value is -1.88. The quantitative estimate of drug-likeness (QED) is 0.811. The van der Waals surface area contributed by atoms with Crippen LogP contribution in [0.25, 0.3) is 0 Å². The Morgan fingerprint density at radius 1 is 0.952 bits per heavy atom. The maximum absolute atomic E-state index is 14.1.